The van der Waals surface area contributed by atoms with Gasteiger partial charge in [-0.2, -0.15) is 0 Å². The summed E-state index contributed by atoms with van der Waals surface area (Å²) < 4.78 is 12.9. The van der Waals surface area contributed by atoms with Crippen molar-refractivity contribution >= 4 is 17.3 Å². The van der Waals surface area contributed by atoms with E-state index >= 15 is 0 Å². The summed E-state index contributed by atoms with van der Waals surface area (Å²) in [6, 6.07) is 9.41. The Kier molecular flexibility index (Phi) is 4.21. The van der Waals surface area contributed by atoms with Crippen LogP contribution in [0.3, 0.4) is 0 Å². The van der Waals surface area contributed by atoms with Crippen LogP contribution < -0.4 is 10.6 Å². The van der Waals surface area contributed by atoms with Gasteiger partial charge in [0.1, 0.15) is 11.5 Å². The zero-order valence-corrected chi connectivity index (χ0v) is 12.3. The molecule has 110 valence electrons. The van der Waals surface area contributed by atoms with Gasteiger partial charge in [-0.25, -0.2) is 4.39 Å². The van der Waals surface area contributed by atoms with E-state index in [-0.39, 0.29) is 17.3 Å². The van der Waals surface area contributed by atoms with Gasteiger partial charge >= 0.3 is 0 Å². The van der Waals surface area contributed by atoms with Crippen molar-refractivity contribution in [2.75, 3.05) is 5.32 Å². The lowest BCUT2D eigenvalue weighted by molar-refractivity contribution is 0.0914. The maximum Gasteiger partial charge on any atom is 0.270 e. The molecule has 0 aliphatic carbocycles. The molecule has 0 spiro atoms. The zero-order valence-electron chi connectivity index (χ0n) is 12.3. The molecule has 0 unspecified atom stereocenters. The van der Waals surface area contributed by atoms with Crippen molar-refractivity contribution < 1.29 is 9.18 Å². The molecule has 2 rings (SSSR count). The number of nitrogens with one attached hydrogen (secondary N) is 2. The number of aromatic nitrogens is 1. The zero-order chi connectivity index (χ0) is 15.5. The summed E-state index contributed by atoms with van der Waals surface area (Å²) >= 11 is 0. The maximum absolute atomic E-state index is 12.9. The third-order valence-electron chi connectivity index (χ3n) is 2.61. The van der Waals surface area contributed by atoms with Crippen molar-refractivity contribution in [2.45, 2.75) is 26.3 Å². The predicted octanol–water partition coefficient (Wildman–Crippen LogP) is 3.49. The SMILES string of the molecule is CC(C)(C)NC(=O)c1cc(Nc2ccc(F)cc2)ccn1. The van der Waals surface area contributed by atoms with E-state index in [2.05, 4.69) is 15.6 Å². The number of anilines is 2. The highest BCUT2D eigenvalue weighted by Crippen LogP contribution is 2.17. The molecule has 2 aromatic rings. The Morgan fingerprint density at radius 1 is 1.10 bits per heavy atom. The summed E-state index contributed by atoms with van der Waals surface area (Å²) in [4.78, 5) is 16.1. The predicted molar refractivity (Wildman–Crippen MR) is 81.1 cm³/mol. The third kappa shape index (κ3) is 4.56. The molecule has 0 radical (unpaired) electrons. The van der Waals surface area contributed by atoms with Gasteiger partial charge in [0.15, 0.2) is 0 Å². The Labute approximate surface area is 123 Å². The van der Waals surface area contributed by atoms with E-state index in [1.165, 1.54) is 12.1 Å². The molecule has 21 heavy (non-hydrogen) atoms. The summed E-state index contributed by atoms with van der Waals surface area (Å²) in [7, 11) is 0. The smallest absolute Gasteiger partial charge is 0.270 e. The molecule has 0 saturated heterocycles. The van der Waals surface area contributed by atoms with Crippen molar-refractivity contribution in [1.29, 1.82) is 0 Å². The topological polar surface area (TPSA) is 54.0 Å². The van der Waals surface area contributed by atoms with Gasteiger partial charge in [-0.3, -0.25) is 9.78 Å². The molecule has 0 bridgehead atoms. The van der Waals surface area contributed by atoms with E-state index in [0.29, 0.717) is 5.69 Å². The van der Waals surface area contributed by atoms with E-state index < -0.39 is 0 Å². The van der Waals surface area contributed by atoms with Gasteiger partial charge < -0.3 is 10.6 Å². The first kappa shape index (κ1) is 15.0. The van der Waals surface area contributed by atoms with Crippen molar-refractivity contribution in [1.82, 2.24) is 10.3 Å². The average Bonchev–Trinajstić information content (AvgIpc) is 2.40. The monoisotopic (exact) mass is 287 g/mol. The lowest BCUT2D eigenvalue weighted by atomic mass is 10.1. The van der Waals surface area contributed by atoms with Crippen LogP contribution in [0, 0.1) is 5.82 Å². The second kappa shape index (κ2) is 5.91. The number of carbonyl (C=O) groups excluding carboxylic acids is 1. The van der Waals surface area contributed by atoms with Gasteiger partial charge in [0.25, 0.3) is 5.91 Å². The Balaban J connectivity index is 2.14. The molecule has 1 aromatic heterocycles. The first-order chi connectivity index (χ1) is 9.83. The lowest BCUT2D eigenvalue weighted by Crippen LogP contribution is -2.40. The first-order valence-electron chi connectivity index (χ1n) is 6.65. The van der Waals surface area contributed by atoms with Crippen LogP contribution in [-0.4, -0.2) is 16.4 Å². The third-order valence-corrected chi connectivity index (χ3v) is 2.61. The second-order valence-electron chi connectivity index (χ2n) is 5.77. The van der Waals surface area contributed by atoms with Gasteiger partial charge in [-0.1, -0.05) is 0 Å². The van der Waals surface area contributed by atoms with E-state index in [9.17, 15) is 9.18 Å². The molecule has 0 aliphatic heterocycles. The van der Waals surface area contributed by atoms with E-state index in [1.54, 1.807) is 30.5 Å². The van der Waals surface area contributed by atoms with Gasteiger partial charge in [0, 0.05) is 23.1 Å². The summed E-state index contributed by atoms with van der Waals surface area (Å²) in [6.45, 7) is 5.72. The maximum atomic E-state index is 12.9. The minimum atomic E-state index is -0.320. The fraction of sp³-hybridized carbons (Fsp3) is 0.250. The van der Waals surface area contributed by atoms with Crippen LogP contribution in [0.1, 0.15) is 31.3 Å². The number of amides is 1. The quantitative estimate of drug-likeness (QED) is 0.908. The molecular formula is C16H18FN3O. The van der Waals surface area contributed by atoms with Crippen LogP contribution in [0.25, 0.3) is 0 Å². The van der Waals surface area contributed by atoms with E-state index in [4.69, 9.17) is 0 Å². The van der Waals surface area contributed by atoms with Crippen molar-refractivity contribution in [3.05, 3.63) is 54.1 Å². The van der Waals surface area contributed by atoms with Gasteiger partial charge in [-0.05, 0) is 57.2 Å². The molecule has 4 nitrogen and oxygen atoms in total. The van der Waals surface area contributed by atoms with Crippen molar-refractivity contribution in [2.24, 2.45) is 0 Å². The summed E-state index contributed by atoms with van der Waals surface area (Å²) in [5.41, 5.74) is 1.47. The fourth-order valence-electron chi connectivity index (χ4n) is 1.74. The number of benzene rings is 1. The van der Waals surface area contributed by atoms with E-state index in [0.717, 1.165) is 11.4 Å². The highest BCUT2D eigenvalue weighted by Gasteiger charge is 2.16. The Bertz CT molecular complexity index is 633. The normalized spacial score (nSPS) is 11.0. The van der Waals surface area contributed by atoms with Crippen LogP contribution in [0.4, 0.5) is 15.8 Å². The molecule has 0 saturated carbocycles. The lowest BCUT2D eigenvalue weighted by Gasteiger charge is -2.20. The highest BCUT2D eigenvalue weighted by atomic mass is 19.1. The molecular weight excluding hydrogens is 269 g/mol. The molecule has 0 fully saturated rings. The largest absolute Gasteiger partial charge is 0.355 e. The number of halogens is 1. The average molecular weight is 287 g/mol. The highest BCUT2D eigenvalue weighted by molar-refractivity contribution is 5.93. The number of pyridine rings is 1. The molecule has 2 N–H and O–H groups in total. The first-order valence-corrected chi connectivity index (χ1v) is 6.65. The molecule has 1 amide bonds. The Morgan fingerprint density at radius 3 is 2.38 bits per heavy atom. The second-order valence-corrected chi connectivity index (χ2v) is 5.77. The van der Waals surface area contributed by atoms with Crippen molar-refractivity contribution in [3.63, 3.8) is 0 Å². The van der Waals surface area contributed by atoms with Gasteiger partial charge in [-0.15, -0.1) is 0 Å². The van der Waals surface area contributed by atoms with Crippen LogP contribution >= 0.6 is 0 Å². The fourth-order valence-corrected chi connectivity index (χ4v) is 1.74. The summed E-state index contributed by atoms with van der Waals surface area (Å²) in [5, 5.41) is 5.96. The molecule has 1 aromatic carbocycles. The van der Waals surface area contributed by atoms with Gasteiger partial charge in [0.2, 0.25) is 0 Å². The number of hydrogen-bond donors (Lipinski definition) is 2. The number of hydrogen-bond acceptors (Lipinski definition) is 3. The molecule has 0 aliphatic rings. The minimum absolute atomic E-state index is 0.231. The molecule has 0 atom stereocenters. The van der Waals surface area contributed by atoms with Crippen LogP contribution in [0.15, 0.2) is 42.6 Å². The van der Waals surface area contributed by atoms with E-state index in [1.807, 2.05) is 20.8 Å². The van der Waals surface area contributed by atoms with Crippen LogP contribution in [-0.2, 0) is 0 Å². The number of carbonyl (C=O) groups is 1. The van der Waals surface area contributed by atoms with Crippen LogP contribution in [0.5, 0.6) is 0 Å². The van der Waals surface area contributed by atoms with Crippen LogP contribution in [0.2, 0.25) is 0 Å². The molecule has 5 heteroatoms. The Morgan fingerprint density at radius 2 is 1.76 bits per heavy atom. The summed E-state index contributed by atoms with van der Waals surface area (Å²) in [6.07, 6.45) is 1.56. The van der Waals surface area contributed by atoms with Gasteiger partial charge in [0.05, 0.1) is 0 Å². The summed E-state index contributed by atoms with van der Waals surface area (Å²) in [5.74, 6) is -0.522. The number of nitrogens with zero attached hydrogens (tertiary/aromatic N) is 1. The molecule has 1 heterocycles. The Hall–Kier alpha value is -2.43. The minimum Gasteiger partial charge on any atom is -0.355 e. The standard InChI is InChI=1S/C16H18FN3O/c1-16(2,3)20-15(21)14-10-13(8-9-18-14)19-12-6-4-11(17)5-7-12/h4-10H,1-3H3,(H,18,19)(H,20,21). The van der Waals surface area contributed by atoms with Crippen molar-refractivity contribution in [3.8, 4) is 0 Å². The number of rotatable bonds is 3.